The smallest absolute Gasteiger partial charge is 0.253 e. The summed E-state index contributed by atoms with van der Waals surface area (Å²) in [5, 5.41) is 0. The second kappa shape index (κ2) is 7.38. The SMILES string of the molecule is CC1CN(C(=O)C2CCN(c3c(F)c(F)nc(F)c3F)CC2)CC(C)O1. The van der Waals surface area contributed by atoms with Crippen molar-refractivity contribution in [2.24, 2.45) is 5.92 Å². The van der Waals surface area contributed by atoms with Gasteiger partial charge in [0.2, 0.25) is 17.5 Å². The van der Waals surface area contributed by atoms with E-state index in [2.05, 4.69) is 4.98 Å². The molecule has 2 atom stereocenters. The normalized spacial score (nSPS) is 24.8. The molecule has 0 saturated carbocycles. The molecule has 3 heterocycles. The standard InChI is InChI=1S/C17H21F4N3O2/c1-9-7-24(8-10(2)26-9)17(25)11-3-5-23(6-4-11)14-12(18)15(20)22-16(21)13(14)19/h9-11H,3-8H2,1-2H3. The molecule has 144 valence electrons. The molecule has 2 aliphatic rings. The van der Waals surface area contributed by atoms with Crippen LogP contribution < -0.4 is 4.90 Å². The first-order valence-electron chi connectivity index (χ1n) is 8.67. The summed E-state index contributed by atoms with van der Waals surface area (Å²) in [5.41, 5.74) is -0.755. The first-order valence-corrected chi connectivity index (χ1v) is 8.67. The molecule has 0 bridgehead atoms. The van der Waals surface area contributed by atoms with Crippen LogP contribution in [0.5, 0.6) is 0 Å². The van der Waals surface area contributed by atoms with Gasteiger partial charge in [-0.2, -0.15) is 22.5 Å². The highest BCUT2D eigenvalue weighted by atomic mass is 19.2. The molecule has 0 aromatic carbocycles. The Morgan fingerprint density at radius 3 is 2.00 bits per heavy atom. The number of pyridine rings is 1. The van der Waals surface area contributed by atoms with Crippen molar-refractivity contribution in [2.75, 3.05) is 31.1 Å². The van der Waals surface area contributed by atoms with Crippen molar-refractivity contribution in [1.29, 1.82) is 0 Å². The van der Waals surface area contributed by atoms with Crippen LogP contribution >= 0.6 is 0 Å². The van der Waals surface area contributed by atoms with Crippen molar-refractivity contribution < 1.29 is 27.1 Å². The summed E-state index contributed by atoms with van der Waals surface area (Å²) in [5.74, 6) is -6.66. The molecule has 26 heavy (non-hydrogen) atoms. The predicted molar refractivity (Wildman–Crippen MR) is 85.6 cm³/mol. The number of rotatable bonds is 2. The summed E-state index contributed by atoms with van der Waals surface area (Å²) >= 11 is 0. The molecule has 2 fully saturated rings. The molecule has 2 saturated heterocycles. The van der Waals surface area contributed by atoms with E-state index in [-0.39, 0.29) is 37.1 Å². The maximum absolute atomic E-state index is 13.9. The van der Waals surface area contributed by atoms with Crippen LogP contribution in [0.2, 0.25) is 0 Å². The van der Waals surface area contributed by atoms with Gasteiger partial charge >= 0.3 is 0 Å². The Kier molecular flexibility index (Phi) is 5.36. The summed E-state index contributed by atoms with van der Waals surface area (Å²) in [7, 11) is 0. The minimum Gasteiger partial charge on any atom is -0.372 e. The van der Waals surface area contributed by atoms with Gasteiger partial charge in [0.15, 0.2) is 0 Å². The number of carbonyl (C=O) groups is 1. The number of ether oxygens (including phenoxy) is 1. The fourth-order valence-corrected chi connectivity index (χ4v) is 3.72. The molecule has 9 heteroatoms. The molecule has 1 aromatic heterocycles. The number of anilines is 1. The topological polar surface area (TPSA) is 45.7 Å². The van der Waals surface area contributed by atoms with Crippen LogP contribution in [-0.4, -0.2) is 54.2 Å². The van der Waals surface area contributed by atoms with Gasteiger partial charge in [0, 0.05) is 32.1 Å². The van der Waals surface area contributed by atoms with Crippen molar-refractivity contribution in [3.05, 3.63) is 23.5 Å². The number of nitrogens with zero attached hydrogens (tertiary/aromatic N) is 3. The van der Waals surface area contributed by atoms with Gasteiger partial charge < -0.3 is 14.5 Å². The van der Waals surface area contributed by atoms with Gasteiger partial charge in [-0.05, 0) is 26.7 Å². The number of hydrogen-bond acceptors (Lipinski definition) is 4. The van der Waals surface area contributed by atoms with Gasteiger partial charge in [-0.1, -0.05) is 0 Å². The van der Waals surface area contributed by atoms with E-state index in [1.807, 2.05) is 13.8 Å². The summed E-state index contributed by atoms with van der Waals surface area (Å²) in [6.45, 7) is 5.07. The summed E-state index contributed by atoms with van der Waals surface area (Å²) < 4.78 is 60.0. The molecule has 0 radical (unpaired) electrons. The number of carbonyl (C=O) groups excluding carboxylic acids is 1. The van der Waals surface area contributed by atoms with Gasteiger partial charge in [-0.25, -0.2) is 0 Å². The minimum absolute atomic E-state index is 0.0142. The van der Waals surface area contributed by atoms with Crippen LogP contribution in [0.4, 0.5) is 23.2 Å². The molecule has 2 aliphatic heterocycles. The molecular weight excluding hydrogens is 354 g/mol. The van der Waals surface area contributed by atoms with E-state index in [0.717, 1.165) is 0 Å². The zero-order valence-electron chi connectivity index (χ0n) is 14.6. The predicted octanol–water partition coefficient (Wildman–Crippen LogP) is 2.49. The molecule has 0 spiro atoms. The second-order valence-electron chi connectivity index (χ2n) is 6.93. The third-order valence-electron chi connectivity index (χ3n) is 4.87. The molecule has 0 N–H and O–H groups in total. The van der Waals surface area contributed by atoms with Gasteiger partial charge in [0.05, 0.1) is 12.2 Å². The molecular formula is C17H21F4N3O2. The van der Waals surface area contributed by atoms with Gasteiger partial charge in [-0.3, -0.25) is 4.79 Å². The van der Waals surface area contributed by atoms with Gasteiger partial charge in [-0.15, -0.1) is 0 Å². The van der Waals surface area contributed by atoms with Crippen molar-refractivity contribution in [2.45, 2.75) is 38.9 Å². The highest BCUT2D eigenvalue weighted by Crippen LogP contribution is 2.31. The molecule has 5 nitrogen and oxygen atoms in total. The first kappa shape index (κ1) is 18.9. The summed E-state index contributed by atoms with van der Waals surface area (Å²) in [6.07, 6.45) is 0.606. The van der Waals surface area contributed by atoms with E-state index >= 15 is 0 Å². The molecule has 2 unspecified atom stereocenters. The van der Waals surface area contributed by atoms with Crippen LogP contribution in [0.15, 0.2) is 0 Å². The fourth-order valence-electron chi connectivity index (χ4n) is 3.72. The second-order valence-corrected chi connectivity index (χ2v) is 6.93. The van der Waals surface area contributed by atoms with Crippen LogP contribution in [0.1, 0.15) is 26.7 Å². The maximum atomic E-state index is 13.9. The number of piperidine rings is 1. The Bertz CT molecular complexity index is 659. The van der Waals surface area contributed by atoms with E-state index in [1.165, 1.54) is 4.90 Å². The summed E-state index contributed by atoms with van der Waals surface area (Å²) in [6, 6.07) is 0. The lowest BCUT2D eigenvalue weighted by Gasteiger charge is -2.39. The van der Waals surface area contributed by atoms with E-state index < -0.39 is 29.2 Å². The lowest BCUT2D eigenvalue weighted by atomic mass is 9.94. The van der Waals surface area contributed by atoms with Crippen LogP contribution in [0.3, 0.4) is 0 Å². The maximum Gasteiger partial charge on any atom is 0.253 e. The molecule has 1 aromatic rings. The average molecular weight is 375 g/mol. The van der Waals surface area contributed by atoms with Crippen molar-refractivity contribution in [3.8, 4) is 0 Å². The molecule has 3 rings (SSSR count). The number of hydrogen-bond donors (Lipinski definition) is 0. The third-order valence-corrected chi connectivity index (χ3v) is 4.87. The highest BCUT2D eigenvalue weighted by molar-refractivity contribution is 5.79. The fraction of sp³-hybridized carbons (Fsp3) is 0.647. The molecule has 0 aliphatic carbocycles. The monoisotopic (exact) mass is 375 g/mol. The van der Waals surface area contributed by atoms with E-state index in [1.54, 1.807) is 4.90 Å². The Labute approximate surface area is 148 Å². The average Bonchev–Trinajstić information content (AvgIpc) is 2.59. The van der Waals surface area contributed by atoms with Gasteiger partial charge in [0.25, 0.3) is 11.9 Å². The van der Waals surface area contributed by atoms with Crippen LogP contribution in [-0.2, 0) is 9.53 Å². The Balaban J connectivity index is 1.67. The minimum atomic E-state index is -1.67. The number of amides is 1. The van der Waals surface area contributed by atoms with Crippen LogP contribution in [0.25, 0.3) is 0 Å². The number of morpholine rings is 1. The zero-order valence-corrected chi connectivity index (χ0v) is 14.6. The lowest BCUT2D eigenvalue weighted by Crippen LogP contribution is -2.51. The zero-order chi connectivity index (χ0) is 19.0. The number of aromatic nitrogens is 1. The first-order chi connectivity index (χ1) is 12.3. The van der Waals surface area contributed by atoms with Gasteiger partial charge in [0.1, 0.15) is 5.69 Å². The van der Waals surface area contributed by atoms with E-state index in [9.17, 15) is 22.4 Å². The molecule has 1 amide bonds. The highest BCUT2D eigenvalue weighted by Gasteiger charge is 2.34. The van der Waals surface area contributed by atoms with Crippen molar-refractivity contribution >= 4 is 11.6 Å². The third kappa shape index (κ3) is 3.62. The largest absolute Gasteiger partial charge is 0.372 e. The van der Waals surface area contributed by atoms with Crippen LogP contribution in [0, 0.1) is 29.4 Å². The summed E-state index contributed by atoms with van der Waals surface area (Å²) in [4.78, 5) is 18.3. The number of halogens is 4. The Morgan fingerprint density at radius 1 is 1.00 bits per heavy atom. The Morgan fingerprint density at radius 2 is 1.50 bits per heavy atom. The lowest BCUT2D eigenvalue weighted by molar-refractivity contribution is -0.148. The van der Waals surface area contributed by atoms with E-state index in [4.69, 9.17) is 4.74 Å². The van der Waals surface area contributed by atoms with Crippen molar-refractivity contribution in [3.63, 3.8) is 0 Å². The quantitative estimate of drug-likeness (QED) is 0.589. The Hall–Kier alpha value is -1.90. The van der Waals surface area contributed by atoms with E-state index in [0.29, 0.717) is 25.9 Å². The van der Waals surface area contributed by atoms with Crippen molar-refractivity contribution in [1.82, 2.24) is 9.88 Å².